The van der Waals surface area contributed by atoms with Crippen molar-refractivity contribution in [1.82, 2.24) is 4.31 Å². The van der Waals surface area contributed by atoms with E-state index in [0.29, 0.717) is 12.3 Å². The van der Waals surface area contributed by atoms with Crippen molar-refractivity contribution in [1.29, 1.82) is 0 Å². The normalized spacial score (nSPS) is 11.4. The highest BCUT2D eigenvalue weighted by molar-refractivity contribution is 7.88. The van der Waals surface area contributed by atoms with E-state index in [0.717, 1.165) is 30.4 Å². The van der Waals surface area contributed by atoms with E-state index < -0.39 is 16.0 Å². The molecule has 0 unspecified atom stereocenters. The Kier molecular flexibility index (Phi) is 8.02. The maximum Gasteiger partial charge on any atom is 0.352 e. The molecular formula is C21H27NO5S. The minimum absolute atomic E-state index is 0.240. The van der Waals surface area contributed by atoms with Gasteiger partial charge >= 0.3 is 5.97 Å². The van der Waals surface area contributed by atoms with Gasteiger partial charge in [-0.2, -0.15) is 4.31 Å². The molecule has 0 aliphatic rings. The molecule has 152 valence electrons. The summed E-state index contributed by atoms with van der Waals surface area (Å²) in [7, 11) is -3.38. The van der Waals surface area contributed by atoms with Gasteiger partial charge in [0.2, 0.25) is 10.0 Å². The van der Waals surface area contributed by atoms with Gasteiger partial charge in [-0.15, -0.1) is 0 Å². The average Bonchev–Trinajstić information content (AvgIpc) is 2.65. The second-order valence-corrected chi connectivity index (χ2v) is 8.74. The summed E-state index contributed by atoms with van der Waals surface area (Å²) in [6.45, 7) is 3.95. The number of carbonyl (C=O) groups is 1. The first kappa shape index (κ1) is 21.9. The summed E-state index contributed by atoms with van der Waals surface area (Å²) in [5.74, 6) is -0.180. The fourth-order valence-corrected chi connectivity index (χ4v) is 3.41. The van der Waals surface area contributed by atoms with Crippen LogP contribution < -0.4 is 4.89 Å². The zero-order valence-electron chi connectivity index (χ0n) is 16.6. The average molecular weight is 406 g/mol. The largest absolute Gasteiger partial charge is 0.352 e. The van der Waals surface area contributed by atoms with Crippen LogP contribution in [0.4, 0.5) is 0 Å². The smallest absolute Gasteiger partial charge is 0.287 e. The second-order valence-electron chi connectivity index (χ2n) is 6.75. The Balaban J connectivity index is 2.05. The lowest BCUT2D eigenvalue weighted by Crippen LogP contribution is -2.29. The number of sulfonamides is 1. The van der Waals surface area contributed by atoms with Gasteiger partial charge in [-0.1, -0.05) is 49.7 Å². The number of hydrogen-bond acceptors (Lipinski definition) is 5. The monoisotopic (exact) mass is 405 g/mol. The lowest BCUT2D eigenvalue weighted by Gasteiger charge is -2.20. The third kappa shape index (κ3) is 7.32. The number of benzene rings is 2. The van der Waals surface area contributed by atoms with Gasteiger partial charge in [0.05, 0.1) is 6.26 Å². The summed E-state index contributed by atoms with van der Waals surface area (Å²) in [5.41, 5.74) is 3.01. The van der Waals surface area contributed by atoms with Crippen molar-refractivity contribution >= 4 is 16.0 Å². The van der Waals surface area contributed by atoms with E-state index in [1.54, 1.807) is 24.3 Å². The first-order valence-corrected chi connectivity index (χ1v) is 11.1. The summed E-state index contributed by atoms with van der Waals surface area (Å²) in [4.78, 5) is 20.1. The molecule has 0 amide bonds. The van der Waals surface area contributed by atoms with Crippen LogP contribution in [0.25, 0.3) is 0 Å². The maximum atomic E-state index is 12.2. The zero-order chi connectivity index (χ0) is 20.6. The van der Waals surface area contributed by atoms with E-state index in [1.807, 2.05) is 12.1 Å². The Morgan fingerprint density at radius 2 is 1.43 bits per heavy atom. The number of unbranched alkanes of at least 4 members (excludes halogenated alkanes) is 1. The van der Waals surface area contributed by atoms with Gasteiger partial charge < -0.3 is 0 Å². The van der Waals surface area contributed by atoms with Crippen molar-refractivity contribution in [2.45, 2.75) is 46.2 Å². The van der Waals surface area contributed by atoms with Gasteiger partial charge in [0.1, 0.15) is 0 Å². The molecule has 0 N–H and O–H groups in total. The quantitative estimate of drug-likeness (QED) is 0.443. The summed E-state index contributed by atoms with van der Waals surface area (Å²) in [6.07, 6.45) is 4.54. The maximum absolute atomic E-state index is 12.2. The van der Waals surface area contributed by atoms with E-state index in [-0.39, 0.29) is 6.54 Å². The van der Waals surface area contributed by atoms with Gasteiger partial charge in [0.15, 0.2) is 5.75 Å². The van der Waals surface area contributed by atoms with Gasteiger partial charge in [0, 0.05) is 20.0 Å². The Hall–Kier alpha value is -2.38. The van der Waals surface area contributed by atoms with Crippen molar-refractivity contribution < 1.29 is 23.0 Å². The number of aryl methyl sites for hydroxylation is 1. The molecule has 0 bridgehead atoms. The third-order valence-electron chi connectivity index (χ3n) is 4.21. The Morgan fingerprint density at radius 1 is 0.929 bits per heavy atom. The molecule has 0 aliphatic carbocycles. The molecule has 0 aromatic heterocycles. The molecule has 2 aromatic rings. The van der Waals surface area contributed by atoms with Crippen molar-refractivity contribution in [3.05, 3.63) is 65.2 Å². The van der Waals surface area contributed by atoms with E-state index in [9.17, 15) is 13.2 Å². The van der Waals surface area contributed by atoms with Crippen LogP contribution in [0.5, 0.6) is 5.75 Å². The molecule has 28 heavy (non-hydrogen) atoms. The van der Waals surface area contributed by atoms with Crippen LogP contribution in [0.3, 0.4) is 0 Å². The minimum Gasteiger partial charge on any atom is -0.287 e. The highest BCUT2D eigenvalue weighted by Gasteiger charge is 2.17. The lowest BCUT2D eigenvalue weighted by molar-refractivity contribution is -0.210. The van der Waals surface area contributed by atoms with E-state index in [1.165, 1.54) is 23.0 Å². The van der Waals surface area contributed by atoms with Gasteiger partial charge in [-0.05, 0) is 41.7 Å². The van der Waals surface area contributed by atoms with Crippen LogP contribution in [-0.2, 0) is 39.2 Å². The van der Waals surface area contributed by atoms with Gasteiger partial charge in [-0.25, -0.2) is 13.2 Å². The van der Waals surface area contributed by atoms with Crippen molar-refractivity contribution in [3.8, 4) is 5.75 Å². The molecule has 0 atom stereocenters. The third-order valence-corrected chi connectivity index (χ3v) is 5.40. The SMILES string of the molecule is CCCCc1ccc(CN(Cc2ccc(OOC(C)=O)cc2)S(C)(=O)=O)cc1. The standard InChI is InChI=1S/C21H27NO5S/c1-4-5-6-18-7-9-19(10-8-18)15-22(28(3,24)25)16-20-11-13-21(14-12-20)27-26-17(2)23/h7-14H,4-6,15-16H2,1-3H3. The first-order valence-electron chi connectivity index (χ1n) is 9.25. The Bertz CT molecular complexity index is 861. The summed E-state index contributed by atoms with van der Waals surface area (Å²) in [5, 5.41) is 0. The zero-order valence-corrected chi connectivity index (χ0v) is 17.4. The topological polar surface area (TPSA) is 72.9 Å². The molecular weight excluding hydrogens is 378 g/mol. The first-order chi connectivity index (χ1) is 13.3. The lowest BCUT2D eigenvalue weighted by atomic mass is 10.1. The van der Waals surface area contributed by atoms with E-state index in [4.69, 9.17) is 4.89 Å². The van der Waals surface area contributed by atoms with Crippen LogP contribution in [0, 0.1) is 0 Å². The van der Waals surface area contributed by atoms with Crippen molar-refractivity contribution in [2.24, 2.45) is 0 Å². The van der Waals surface area contributed by atoms with Gasteiger partial charge in [-0.3, -0.25) is 9.78 Å². The Morgan fingerprint density at radius 3 is 1.89 bits per heavy atom. The van der Waals surface area contributed by atoms with Crippen molar-refractivity contribution in [2.75, 3.05) is 6.26 Å². The molecule has 2 aromatic carbocycles. The summed E-state index contributed by atoms with van der Waals surface area (Å²) >= 11 is 0. The predicted octanol–water partition coefficient (Wildman–Crippen LogP) is 3.85. The fraction of sp³-hybridized carbons (Fsp3) is 0.381. The molecule has 0 saturated heterocycles. The highest BCUT2D eigenvalue weighted by Crippen LogP contribution is 2.18. The highest BCUT2D eigenvalue weighted by atomic mass is 32.2. The van der Waals surface area contributed by atoms with Crippen LogP contribution >= 0.6 is 0 Å². The molecule has 2 rings (SSSR count). The van der Waals surface area contributed by atoms with E-state index >= 15 is 0 Å². The predicted molar refractivity (Wildman–Crippen MR) is 108 cm³/mol. The summed E-state index contributed by atoms with van der Waals surface area (Å²) < 4.78 is 25.9. The molecule has 0 spiro atoms. The molecule has 0 radical (unpaired) electrons. The molecule has 6 nitrogen and oxygen atoms in total. The Labute approximate surface area is 167 Å². The molecule has 0 saturated carbocycles. The minimum atomic E-state index is -3.38. The molecule has 0 aliphatic heterocycles. The van der Waals surface area contributed by atoms with Crippen LogP contribution in [0.15, 0.2) is 48.5 Å². The van der Waals surface area contributed by atoms with Crippen LogP contribution in [0.2, 0.25) is 0 Å². The molecule has 7 heteroatoms. The fourth-order valence-electron chi connectivity index (χ4n) is 2.65. The van der Waals surface area contributed by atoms with Gasteiger partial charge in [0.25, 0.3) is 0 Å². The molecule has 0 fully saturated rings. The summed E-state index contributed by atoms with van der Waals surface area (Å²) in [6, 6.07) is 14.8. The van der Waals surface area contributed by atoms with E-state index in [2.05, 4.69) is 23.9 Å². The number of nitrogens with zero attached hydrogens (tertiary/aromatic N) is 1. The number of rotatable bonds is 10. The number of carbonyl (C=O) groups excluding carboxylic acids is 1. The number of hydrogen-bond donors (Lipinski definition) is 0. The molecule has 0 heterocycles. The van der Waals surface area contributed by atoms with Crippen LogP contribution in [0.1, 0.15) is 43.4 Å². The van der Waals surface area contributed by atoms with Crippen LogP contribution in [-0.4, -0.2) is 24.9 Å². The second kappa shape index (κ2) is 10.2. The van der Waals surface area contributed by atoms with Crippen molar-refractivity contribution in [3.63, 3.8) is 0 Å².